The lowest BCUT2D eigenvalue weighted by Gasteiger charge is -2.15. The van der Waals surface area contributed by atoms with Crippen molar-refractivity contribution in [1.82, 2.24) is 0 Å². The molecule has 0 fully saturated rings. The molecule has 1 atom stereocenters. The number of carbonyl (C=O) groups excluding carboxylic acids is 2. The van der Waals surface area contributed by atoms with Crippen LogP contribution in [0.1, 0.15) is 18.1 Å². The molecule has 2 aromatic rings. The lowest BCUT2D eigenvalue weighted by Crippen LogP contribution is -2.31. The van der Waals surface area contributed by atoms with Crippen LogP contribution in [-0.4, -0.2) is 31.7 Å². The Labute approximate surface area is 153 Å². The number of rotatable bonds is 7. The zero-order chi connectivity index (χ0) is 19.1. The molecule has 0 aliphatic carbocycles. The van der Waals surface area contributed by atoms with E-state index in [0.29, 0.717) is 17.2 Å². The number of amides is 1. The average molecular weight is 357 g/mol. The van der Waals surface area contributed by atoms with Crippen molar-refractivity contribution < 1.29 is 23.8 Å². The van der Waals surface area contributed by atoms with E-state index >= 15 is 0 Å². The van der Waals surface area contributed by atoms with Crippen molar-refractivity contribution in [3.63, 3.8) is 0 Å². The molecule has 0 bridgehead atoms. The standard InChI is InChI=1S/C20H23NO5/c1-13-9-10-14(2)18(11-13)25-12-19(22)26-15(3)20(23)21-16-7-5-6-8-17(16)24-4/h5-11,15H,12H2,1-4H3,(H,21,23)/t15-/m1/s1. The van der Waals surface area contributed by atoms with Crippen LogP contribution in [0.5, 0.6) is 11.5 Å². The summed E-state index contributed by atoms with van der Waals surface area (Å²) >= 11 is 0. The minimum absolute atomic E-state index is 0.267. The van der Waals surface area contributed by atoms with Crippen molar-refractivity contribution in [1.29, 1.82) is 0 Å². The third kappa shape index (κ3) is 5.24. The minimum atomic E-state index is -0.963. The molecule has 0 aliphatic heterocycles. The Morgan fingerprint density at radius 2 is 1.81 bits per heavy atom. The van der Waals surface area contributed by atoms with E-state index in [9.17, 15) is 9.59 Å². The highest BCUT2D eigenvalue weighted by atomic mass is 16.6. The quantitative estimate of drug-likeness (QED) is 0.770. The number of hydrogen-bond donors (Lipinski definition) is 1. The number of carbonyl (C=O) groups is 2. The fourth-order valence-corrected chi connectivity index (χ4v) is 2.27. The maximum absolute atomic E-state index is 12.2. The van der Waals surface area contributed by atoms with Crippen LogP contribution in [0.25, 0.3) is 0 Å². The van der Waals surface area contributed by atoms with Crippen molar-refractivity contribution >= 4 is 17.6 Å². The second kappa shape index (κ2) is 8.89. The van der Waals surface area contributed by atoms with Gasteiger partial charge in [0.15, 0.2) is 12.7 Å². The number of anilines is 1. The molecular weight excluding hydrogens is 334 g/mol. The predicted octanol–water partition coefficient (Wildman–Crippen LogP) is 3.26. The molecular formula is C20H23NO5. The maximum Gasteiger partial charge on any atom is 0.344 e. The number of ether oxygens (including phenoxy) is 3. The van der Waals surface area contributed by atoms with Crippen LogP contribution in [0.2, 0.25) is 0 Å². The Hall–Kier alpha value is -3.02. The van der Waals surface area contributed by atoms with Gasteiger partial charge in [0.2, 0.25) is 0 Å². The van der Waals surface area contributed by atoms with E-state index in [1.165, 1.54) is 14.0 Å². The first-order valence-electron chi connectivity index (χ1n) is 8.24. The predicted molar refractivity (Wildman–Crippen MR) is 98.6 cm³/mol. The Bertz CT molecular complexity index is 788. The van der Waals surface area contributed by atoms with Gasteiger partial charge in [0.25, 0.3) is 5.91 Å². The highest BCUT2D eigenvalue weighted by Gasteiger charge is 2.19. The summed E-state index contributed by atoms with van der Waals surface area (Å²) in [6.07, 6.45) is -0.963. The average Bonchev–Trinajstić information content (AvgIpc) is 2.62. The van der Waals surface area contributed by atoms with E-state index in [2.05, 4.69) is 5.32 Å². The smallest absolute Gasteiger partial charge is 0.344 e. The van der Waals surface area contributed by atoms with Crippen LogP contribution in [0, 0.1) is 13.8 Å². The van der Waals surface area contributed by atoms with Gasteiger partial charge in [-0.1, -0.05) is 24.3 Å². The summed E-state index contributed by atoms with van der Waals surface area (Å²) in [7, 11) is 1.51. The van der Waals surface area contributed by atoms with Gasteiger partial charge in [-0.2, -0.15) is 0 Å². The van der Waals surface area contributed by atoms with Crippen molar-refractivity contribution in [2.75, 3.05) is 19.0 Å². The van der Waals surface area contributed by atoms with Crippen LogP contribution in [-0.2, 0) is 14.3 Å². The lowest BCUT2D eigenvalue weighted by atomic mass is 10.1. The summed E-state index contributed by atoms with van der Waals surface area (Å²) in [6.45, 7) is 5.06. The fraction of sp³-hybridized carbons (Fsp3) is 0.300. The molecule has 2 aromatic carbocycles. The number of benzene rings is 2. The minimum Gasteiger partial charge on any atom is -0.495 e. The Balaban J connectivity index is 1.88. The fourth-order valence-electron chi connectivity index (χ4n) is 2.27. The molecule has 26 heavy (non-hydrogen) atoms. The first-order valence-corrected chi connectivity index (χ1v) is 8.24. The summed E-state index contributed by atoms with van der Waals surface area (Å²) in [6, 6.07) is 12.7. The molecule has 6 nitrogen and oxygen atoms in total. The molecule has 0 saturated heterocycles. The van der Waals surface area contributed by atoms with Gasteiger partial charge in [-0.25, -0.2) is 4.79 Å². The molecule has 0 aliphatic rings. The van der Waals surface area contributed by atoms with Crippen LogP contribution in [0.4, 0.5) is 5.69 Å². The van der Waals surface area contributed by atoms with E-state index in [1.807, 2.05) is 32.0 Å². The zero-order valence-corrected chi connectivity index (χ0v) is 15.4. The van der Waals surface area contributed by atoms with Crippen LogP contribution < -0.4 is 14.8 Å². The summed E-state index contributed by atoms with van der Waals surface area (Å²) in [4.78, 5) is 24.2. The normalized spacial score (nSPS) is 11.4. The van der Waals surface area contributed by atoms with Crippen molar-refractivity contribution in [3.05, 3.63) is 53.6 Å². The number of hydrogen-bond acceptors (Lipinski definition) is 5. The summed E-state index contributed by atoms with van der Waals surface area (Å²) in [5.41, 5.74) is 2.46. The molecule has 0 heterocycles. The topological polar surface area (TPSA) is 73.9 Å². The number of nitrogens with one attached hydrogen (secondary N) is 1. The van der Waals surface area contributed by atoms with Crippen LogP contribution in [0.15, 0.2) is 42.5 Å². The van der Waals surface area contributed by atoms with E-state index in [1.54, 1.807) is 24.3 Å². The second-order valence-corrected chi connectivity index (χ2v) is 5.88. The molecule has 0 unspecified atom stereocenters. The van der Waals surface area contributed by atoms with Crippen molar-refractivity contribution in [2.24, 2.45) is 0 Å². The lowest BCUT2D eigenvalue weighted by molar-refractivity contribution is -0.155. The molecule has 0 radical (unpaired) electrons. The zero-order valence-electron chi connectivity index (χ0n) is 15.4. The van der Waals surface area contributed by atoms with Gasteiger partial charge in [0.1, 0.15) is 11.5 Å². The third-order valence-electron chi connectivity index (χ3n) is 3.73. The first kappa shape index (κ1) is 19.3. The van der Waals surface area contributed by atoms with Gasteiger partial charge in [-0.05, 0) is 50.1 Å². The molecule has 138 valence electrons. The summed E-state index contributed by atoms with van der Waals surface area (Å²) < 4.78 is 15.8. The third-order valence-corrected chi connectivity index (χ3v) is 3.73. The highest BCUT2D eigenvalue weighted by molar-refractivity contribution is 5.96. The highest BCUT2D eigenvalue weighted by Crippen LogP contribution is 2.23. The van der Waals surface area contributed by atoms with Crippen LogP contribution in [0.3, 0.4) is 0 Å². The monoisotopic (exact) mass is 357 g/mol. The molecule has 6 heteroatoms. The maximum atomic E-state index is 12.2. The van der Waals surface area contributed by atoms with Gasteiger partial charge in [0, 0.05) is 0 Å². The van der Waals surface area contributed by atoms with Crippen molar-refractivity contribution in [2.45, 2.75) is 26.9 Å². The number of esters is 1. The molecule has 0 aromatic heterocycles. The molecule has 1 amide bonds. The second-order valence-electron chi connectivity index (χ2n) is 5.88. The largest absolute Gasteiger partial charge is 0.495 e. The number of aryl methyl sites for hydroxylation is 2. The first-order chi connectivity index (χ1) is 12.4. The Morgan fingerprint density at radius 1 is 1.08 bits per heavy atom. The molecule has 1 N–H and O–H groups in total. The number of methoxy groups -OCH3 is 1. The summed E-state index contributed by atoms with van der Waals surface area (Å²) in [5, 5.41) is 2.67. The summed E-state index contributed by atoms with van der Waals surface area (Å²) in [5.74, 6) is 0.0777. The van der Waals surface area contributed by atoms with E-state index in [4.69, 9.17) is 14.2 Å². The van der Waals surface area contributed by atoms with Gasteiger partial charge in [0.05, 0.1) is 12.8 Å². The van der Waals surface area contributed by atoms with Crippen LogP contribution >= 0.6 is 0 Å². The van der Waals surface area contributed by atoms with Gasteiger partial charge >= 0.3 is 5.97 Å². The van der Waals surface area contributed by atoms with E-state index in [0.717, 1.165) is 11.1 Å². The molecule has 0 spiro atoms. The SMILES string of the molecule is COc1ccccc1NC(=O)[C@@H](C)OC(=O)COc1cc(C)ccc1C. The molecule has 0 saturated carbocycles. The van der Waals surface area contributed by atoms with Gasteiger partial charge < -0.3 is 19.5 Å². The van der Waals surface area contributed by atoms with Gasteiger partial charge in [-0.3, -0.25) is 4.79 Å². The van der Waals surface area contributed by atoms with E-state index < -0.39 is 18.0 Å². The number of para-hydroxylation sites is 2. The van der Waals surface area contributed by atoms with Crippen molar-refractivity contribution in [3.8, 4) is 11.5 Å². The Morgan fingerprint density at radius 3 is 2.54 bits per heavy atom. The molecule has 2 rings (SSSR count). The Kier molecular flexibility index (Phi) is 6.60. The van der Waals surface area contributed by atoms with E-state index in [-0.39, 0.29) is 6.61 Å². The van der Waals surface area contributed by atoms with Gasteiger partial charge in [-0.15, -0.1) is 0 Å².